The van der Waals surface area contributed by atoms with Gasteiger partial charge in [0.05, 0.1) is 18.4 Å². The minimum Gasteiger partial charge on any atom is -0.324 e. The summed E-state index contributed by atoms with van der Waals surface area (Å²) in [5.41, 5.74) is 1.58. The summed E-state index contributed by atoms with van der Waals surface area (Å²) in [6.45, 7) is 1.89. The Morgan fingerprint density at radius 3 is 2.74 bits per heavy atom. The van der Waals surface area contributed by atoms with E-state index in [0.29, 0.717) is 5.69 Å². The zero-order valence-electron chi connectivity index (χ0n) is 10.5. The number of amides is 2. The summed E-state index contributed by atoms with van der Waals surface area (Å²) < 4.78 is 1.68. The molecule has 1 atom stereocenters. The maximum atomic E-state index is 12.4. The van der Waals surface area contributed by atoms with Crippen LogP contribution in [0, 0.1) is 6.92 Å². The molecule has 1 fully saturated rings. The van der Waals surface area contributed by atoms with Crippen LogP contribution in [0.15, 0.2) is 43.0 Å². The first-order chi connectivity index (χ1) is 9.18. The Hall–Kier alpha value is -2.43. The minimum absolute atomic E-state index is 0.169. The van der Waals surface area contributed by atoms with Crippen LogP contribution in [-0.2, 0) is 9.59 Å². The van der Waals surface area contributed by atoms with Gasteiger partial charge in [-0.3, -0.25) is 9.59 Å². The Bertz CT molecular complexity index is 634. The van der Waals surface area contributed by atoms with E-state index in [1.165, 1.54) is 4.90 Å². The highest BCUT2D eigenvalue weighted by atomic mass is 16.2. The van der Waals surface area contributed by atoms with Crippen molar-refractivity contribution in [2.45, 2.75) is 19.4 Å². The lowest BCUT2D eigenvalue weighted by Crippen LogP contribution is -2.31. The number of anilines is 1. The number of nitrogens with zero attached hydrogens (tertiary/aromatic N) is 3. The van der Waals surface area contributed by atoms with Crippen molar-refractivity contribution in [3.05, 3.63) is 48.5 Å². The van der Waals surface area contributed by atoms with E-state index in [9.17, 15) is 9.59 Å². The van der Waals surface area contributed by atoms with E-state index >= 15 is 0 Å². The van der Waals surface area contributed by atoms with E-state index in [-0.39, 0.29) is 18.2 Å². The maximum Gasteiger partial charge on any atom is 0.257 e. The van der Waals surface area contributed by atoms with Crippen LogP contribution in [-0.4, -0.2) is 21.4 Å². The lowest BCUT2D eigenvalue weighted by molar-refractivity contribution is -0.122. The van der Waals surface area contributed by atoms with E-state index in [4.69, 9.17) is 0 Å². The first-order valence-corrected chi connectivity index (χ1v) is 6.08. The van der Waals surface area contributed by atoms with Crippen molar-refractivity contribution >= 4 is 17.5 Å². The molecule has 0 spiro atoms. The summed E-state index contributed by atoms with van der Waals surface area (Å²) in [6.07, 6.45) is 5.06. The second-order valence-electron chi connectivity index (χ2n) is 4.58. The van der Waals surface area contributed by atoms with Crippen molar-refractivity contribution in [1.82, 2.24) is 9.55 Å². The number of benzene rings is 1. The molecule has 0 radical (unpaired) electrons. The molecule has 0 N–H and O–H groups in total. The summed E-state index contributed by atoms with van der Waals surface area (Å²) >= 11 is 0. The largest absolute Gasteiger partial charge is 0.324 e. The summed E-state index contributed by atoms with van der Waals surface area (Å²) in [6, 6.07) is 6.92. The lowest BCUT2D eigenvalue weighted by Gasteiger charge is -2.17. The van der Waals surface area contributed by atoms with Crippen LogP contribution in [0.3, 0.4) is 0 Å². The van der Waals surface area contributed by atoms with Gasteiger partial charge in [-0.15, -0.1) is 0 Å². The molecular formula is C14H13N3O2. The number of aryl methyl sites for hydroxylation is 1. The van der Waals surface area contributed by atoms with Gasteiger partial charge in [0.25, 0.3) is 5.91 Å². The average Bonchev–Trinajstić information content (AvgIpc) is 3.00. The van der Waals surface area contributed by atoms with Crippen molar-refractivity contribution in [2.24, 2.45) is 0 Å². The van der Waals surface area contributed by atoms with Crippen LogP contribution in [0.1, 0.15) is 18.0 Å². The predicted octanol–water partition coefficient (Wildman–Crippen LogP) is 1.70. The van der Waals surface area contributed by atoms with Gasteiger partial charge in [-0.05, 0) is 18.6 Å². The second-order valence-corrected chi connectivity index (χ2v) is 4.58. The van der Waals surface area contributed by atoms with Gasteiger partial charge in [-0.1, -0.05) is 18.2 Å². The molecule has 0 unspecified atom stereocenters. The third-order valence-corrected chi connectivity index (χ3v) is 3.36. The topological polar surface area (TPSA) is 55.2 Å². The van der Waals surface area contributed by atoms with Gasteiger partial charge >= 0.3 is 0 Å². The third kappa shape index (κ3) is 1.83. The molecule has 0 saturated carbocycles. The molecule has 96 valence electrons. The Balaban J connectivity index is 1.99. The molecule has 19 heavy (non-hydrogen) atoms. The monoisotopic (exact) mass is 255 g/mol. The van der Waals surface area contributed by atoms with Gasteiger partial charge in [0, 0.05) is 12.4 Å². The Labute approximate surface area is 110 Å². The molecule has 1 aliphatic rings. The number of para-hydroxylation sites is 1. The number of rotatable bonds is 2. The first kappa shape index (κ1) is 11.6. The van der Waals surface area contributed by atoms with Gasteiger partial charge in [-0.25, -0.2) is 9.88 Å². The molecule has 2 aromatic rings. The van der Waals surface area contributed by atoms with Crippen LogP contribution in [0.5, 0.6) is 0 Å². The molecule has 0 bridgehead atoms. The molecule has 1 saturated heterocycles. The van der Waals surface area contributed by atoms with Gasteiger partial charge in [0.1, 0.15) is 6.04 Å². The van der Waals surface area contributed by atoms with Crippen LogP contribution in [0.2, 0.25) is 0 Å². The molecule has 5 heteroatoms. The lowest BCUT2D eigenvalue weighted by atomic mass is 10.2. The van der Waals surface area contributed by atoms with E-state index < -0.39 is 6.04 Å². The zero-order valence-corrected chi connectivity index (χ0v) is 10.5. The second kappa shape index (κ2) is 4.35. The molecular weight excluding hydrogens is 242 g/mol. The summed E-state index contributed by atoms with van der Waals surface area (Å²) in [5.74, 6) is -0.365. The minimum atomic E-state index is -0.477. The highest BCUT2D eigenvalue weighted by Crippen LogP contribution is 2.31. The molecule has 5 nitrogen and oxygen atoms in total. The van der Waals surface area contributed by atoms with Crippen LogP contribution in [0.4, 0.5) is 5.69 Å². The number of aromatic nitrogens is 2. The Kier molecular flexibility index (Phi) is 2.67. The third-order valence-electron chi connectivity index (χ3n) is 3.36. The van der Waals surface area contributed by atoms with E-state index in [1.807, 2.05) is 25.1 Å². The quantitative estimate of drug-likeness (QED) is 0.767. The summed E-state index contributed by atoms with van der Waals surface area (Å²) in [4.78, 5) is 29.7. The summed E-state index contributed by atoms with van der Waals surface area (Å²) in [7, 11) is 0. The van der Waals surface area contributed by atoms with Crippen molar-refractivity contribution in [3.8, 4) is 0 Å². The summed E-state index contributed by atoms with van der Waals surface area (Å²) in [5, 5.41) is 0. The van der Waals surface area contributed by atoms with Crippen molar-refractivity contribution < 1.29 is 9.59 Å². The fraction of sp³-hybridized carbons (Fsp3) is 0.214. The molecule has 2 heterocycles. The predicted molar refractivity (Wildman–Crippen MR) is 69.6 cm³/mol. The standard InChI is InChI=1S/C14H13N3O2/c1-10-4-2-3-5-11(10)17-13(18)8-12(14(17)19)16-7-6-15-9-16/h2-7,9,12H,8H2,1H3/t12-/m0/s1. The van der Waals surface area contributed by atoms with E-state index in [1.54, 1.807) is 29.4 Å². The van der Waals surface area contributed by atoms with Crippen molar-refractivity contribution in [2.75, 3.05) is 4.90 Å². The smallest absolute Gasteiger partial charge is 0.257 e. The Morgan fingerprint density at radius 1 is 1.26 bits per heavy atom. The highest BCUT2D eigenvalue weighted by Gasteiger charge is 2.40. The van der Waals surface area contributed by atoms with E-state index in [0.717, 1.165) is 5.56 Å². The maximum absolute atomic E-state index is 12.4. The van der Waals surface area contributed by atoms with Crippen LogP contribution >= 0.6 is 0 Å². The van der Waals surface area contributed by atoms with Gasteiger partial charge in [0.15, 0.2) is 0 Å². The number of imide groups is 1. The van der Waals surface area contributed by atoms with Gasteiger partial charge < -0.3 is 4.57 Å². The fourth-order valence-corrected chi connectivity index (χ4v) is 2.37. The first-order valence-electron chi connectivity index (χ1n) is 6.08. The molecule has 1 aromatic heterocycles. The molecule has 3 rings (SSSR count). The number of hydrogen-bond acceptors (Lipinski definition) is 3. The van der Waals surface area contributed by atoms with Gasteiger partial charge in [0.2, 0.25) is 5.91 Å². The number of carbonyl (C=O) groups is 2. The van der Waals surface area contributed by atoms with E-state index in [2.05, 4.69) is 4.98 Å². The zero-order chi connectivity index (χ0) is 13.4. The van der Waals surface area contributed by atoms with Crippen LogP contribution < -0.4 is 4.90 Å². The molecule has 1 aliphatic heterocycles. The van der Waals surface area contributed by atoms with Crippen molar-refractivity contribution in [1.29, 1.82) is 0 Å². The SMILES string of the molecule is Cc1ccccc1N1C(=O)C[C@H](n2ccnc2)C1=O. The molecule has 1 aromatic carbocycles. The number of hydrogen-bond donors (Lipinski definition) is 0. The van der Waals surface area contributed by atoms with Crippen molar-refractivity contribution in [3.63, 3.8) is 0 Å². The van der Waals surface area contributed by atoms with Crippen LogP contribution in [0.25, 0.3) is 0 Å². The molecule has 0 aliphatic carbocycles. The number of imidazole rings is 1. The normalized spacial score (nSPS) is 19.2. The fourth-order valence-electron chi connectivity index (χ4n) is 2.37. The van der Waals surface area contributed by atoms with Gasteiger partial charge in [-0.2, -0.15) is 0 Å². The Morgan fingerprint density at radius 2 is 2.05 bits per heavy atom. The number of carbonyl (C=O) groups excluding carboxylic acids is 2. The highest BCUT2D eigenvalue weighted by molar-refractivity contribution is 6.22. The average molecular weight is 255 g/mol. The molecule has 2 amide bonds.